The van der Waals surface area contributed by atoms with E-state index >= 15 is 0 Å². The number of aromatic nitrogens is 3. The fourth-order valence-corrected chi connectivity index (χ4v) is 2.34. The van der Waals surface area contributed by atoms with E-state index in [1.165, 1.54) is 6.20 Å². The second-order valence-corrected chi connectivity index (χ2v) is 4.79. The standard InChI is InChI=1S/C13H15N3O5/c17-7-8-10(18)11(19)12(21-8)16-6-3-9(14-13(16)20)15-4-1-2-5-15/h1-6,8,10-12,17-19H,7H2/t8-,10-,11-,12?/m1/s1. The highest BCUT2D eigenvalue weighted by molar-refractivity contribution is 5.21. The van der Waals surface area contributed by atoms with Gasteiger partial charge in [-0.3, -0.25) is 4.57 Å². The number of aliphatic hydroxyl groups is 3. The number of hydrogen-bond acceptors (Lipinski definition) is 6. The van der Waals surface area contributed by atoms with Crippen molar-refractivity contribution in [3.63, 3.8) is 0 Å². The third-order valence-corrected chi connectivity index (χ3v) is 3.48. The fourth-order valence-electron chi connectivity index (χ4n) is 2.34. The third kappa shape index (κ3) is 2.38. The maximum atomic E-state index is 12.1. The first kappa shape index (κ1) is 14.0. The molecule has 1 saturated heterocycles. The molecule has 1 aliphatic heterocycles. The third-order valence-electron chi connectivity index (χ3n) is 3.48. The lowest BCUT2D eigenvalue weighted by molar-refractivity contribution is -0.0549. The topological polar surface area (TPSA) is 110 Å². The van der Waals surface area contributed by atoms with Crippen LogP contribution in [0.25, 0.3) is 5.82 Å². The predicted molar refractivity (Wildman–Crippen MR) is 70.8 cm³/mol. The van der Waals surface area contributed by atoms with Crippen LogP contribution in [-0.2, 0) is 4.74 Å². The number of aliphatic hydroxyl groups excluding tert-OH is 3. The van der Waals surface area contributed by atoms with Crippen molar-refractivity contribution in [1.82, 2.24) is 14.1 Å². The molecule has 2 aromatic rings. The molecule has 0 aromatic carbocycles. The Labute approximate surface area is 119 Å². The van der Waals surface area contributed by atoms with E-state index in [2.05, 4.69) is 4.98 Å². The van der Waals surface area contributed by atoms with E-state index in [1.807, 2.05) is 0 Å². The highest BCUT2D eigenvalue weighted by Gasteiger charge is 2.43. The van der Waals surface area contributed by atoms with E-state index in [0.717, 1.165) is 4.57 Å². The Balaban J connectivity index is 1.92. The van der Waals surface area contributed by atoms with Crippen LogP contribution in [0.3, 0.4) is 0 Å². The van der Waals surface area contributed by atoms with E-state index in [-0.39, 0.29) is 0 Å². The summed E-state index contributed by atoms with van der Waals surface area (Å²) in [5.41, 5.74) is -0.615. The summed E-state index contributed by atoms with van der Waals surface area (Å²) < 4.78 is 8.06. The van der Waals surface area contributed by atoms with Crippen molar-refractivity contribution in [2.24, 2.45) is 0 Å². The lowest BCUT2D eigenvalue weighted by atomic mass is 10.1. The lowest BCUT2D eigenvalue weighted by Crippen LogP contribution is -2.36. The summed E-state index contributed by atoms with van der Waals surface area (Å²) in [6.45, 7) is -0.446. The van der Waals surface area contributed by atoms with Crippen LogP contribution in [0.5, 0.6) is 0 Å². The minimum absolute atomic E-state index is 0.438. The zero-order valence-electron chi connectivity index (χ0n) is 11.0. The van der Waals surface area contributed by atoms with Crippen LogP contribution in [0.2, 0.25) is 0 Å². The minimum Gasteiger partial charge on any atom is -0.394 e. The van der Waals surface area contributed by atoms with Gasteiger partial charge in [-0.15, -0.1) is 0 Å². The molecule has 0 amide bonds. The van der Waals surface area contributed by atoms with E-state index in [4.69, 9.17) is 9.84 Å². The molecule has 4 atom stereocenters. The van der Waals surface area contributed by atoms with Gasteiger partial charge in [0, 0.05) is 18.6 Å². The van der Waals surface area contributed by atoms with Gasteiger partial charge in [0.05, 0.1) is 6.61 Å². The van der Waals surface area contributed by atoms with Gasteiger partial charge in [0.25, 0.3) is 0 Å². The Morgan fingerprint density at radius 3 is 2.48 bits per heavy atom. The second-order valence-electron chi connectivity index (χ2n) is 4.79. The molecule has 21 heavy (non-hydrogen) atoms. The Bertz CT molecular complexity index is 669. The van der Waals surface area contributed by atoms with Crippen molar-refractivity contribution in [1.29, 1.82) is 0 Å². The van der Waals surface area contributed by atoms with Crippen LogP contribution < -0.4 is 5.69 Å². The predicted octanol–water partition coefficient (Wildman–Crippen LogP) is -1.35. The SMILES string of the molecule is O=c1nc(-n2cccc2)ccn1C1O[C@H](CO)[C@@H](O)[C@H]1O. The molecule has 0 bridgehead atoms. The Morgan fingerprint density at radius 1 is 1.19 bits per heavy atom. The molecule has 0 aliphatic carbocycles. The maximum absolute atomic E-state index is 12.1. The first-order valence-electron chi connectivity index (χ1n) is 6.47. The summed E-state index contributed by atoms with van der Waals surface area (Å²) in [5, 5.41) is 28.7. The Morgan fingerprint density at radius 2 is 1.90 bits per heavy atom. The summed E-state index contributed by atoms with van der Waals surface area (Å²) in [5.74, 6) is 0.438. The van der Waals surface area contributed by atoms with Crippen molar-refractivity contribution < 1.29 is 20.1 Å². The molecule has 0 radical (unpaired) electrons. The highest BCUT2D eigenvalue weighted by atomic mass is 16.6. The van der Waals surface area contributed by atoms with Crippen molar-refractivity contribution in [2.45, 2.75) is 24.5 Å². The Hall–Kier alpha value is -2.00. The fraction of sp³-hybridized carbons (Fsp3) is 0.385. The highest BCUT2D eigenvalue weighted by Crippen LogP contribution is 2.27. The first-order valence-corrected chi connectivity index (χ1v) is 6.47. The van der Waals surface area contributed by atoms with E-state index < -0.39 is 36.8 Å². The van der Waals surface area contributed by atoms with Crippen LogP contribution in [-0.4, -0.2) is 54.4 Å². The normalized spacial score (nSPS) is 28.9. The van der Waals surface area contributed by atoms with E-state index in [1.54, 1.807) is 35.2 Å². The van der Waals surface area contributed by atoms with Crippen LogP contribution in [0.4, 0.5) is 0 Å². The summed E-state index contributed by atoms with van der Waals surface area (Å²) in [6.07, 6.45) is 0.370. The molecule has 1 fully saturated rings. The van der Waals surface area contributed by atoms with Crippen LogP contribution in [0.15, 0.2) is 41.6 Å². The molecule has 1 aliphatic rings. The van der Waals surface area contributed by atoms with Crippen LogP contribution in [0.1, 0.15) is 6.23 Å². The van der Waals surface area contributed by atoms with Gasteiger partial charge in [0.2, 0.25) is 0 Å². The Kier molecular flexibility index (Phi) is 3.60. The van der Waals surface area contributed by atoms with Crippen LogP contribution >= 0.6 is 0 Å². The summed E-state index contributed by atoms with van der Waals surface area (Å²) >= 11 is 0. The smallest absolute Gasteiger partial charge is 0.351 e. The van der Waals surface area contributed by atoms with E-state index in [9.17, 15) is 15.0 Å². The van der Waals surface area contributed by atoms with Gasteiger partial charge >= 0.3 is 5.69 Å². The molecule has 3 N–H and O–H groups in total. The van der Waals surface area contributed by atoms with E-state index in [0.29, 0.717) is 5.82 Å². The van der Waals surface area contributed by atoms with Gasteiger partial charge in [0.1, 0.15) is 24.1 Å². The molecule has 2 aromatic heterocycles. The molecule has 8 nitrogen and oxygen atoms in total. The molecule has 8 heteroatoms. The average Bonchev–Trinajstić information content (AvgIpc) is 3.10. The quantitative estimate of drug-likeness (QED) is 0.645. The summed E-state index contributed by atoms with van der Waals surface area (Å²) in [7, 11) is 0. The molecule has 3 rings (SSSR count). The van der Waals surface area contributed by atoms with Gasteiger partial charge in [-0.25, -0.2) is 4.79 Å². The molecule has 3 heterocycles. The van der Waals surface area contributed by atoms with Gasteiger partial charge in [-0.05, 0) is 18.2 Å². The summed E-state index contributed by atoms with van der Waals surface area (Å²) in [6, 6.07) is 5.20. The van der Waals surface area contributed by atoms with Crippen molar-refractivity contribution in [3.8, 4) is 5.82 Å². The molecule has 0 saturated carbocycles. The van der Waals surface area contributed by atoms with Gasteiger partial charge in [-0.2, -0.15) is 4.98 Å². The number of rotatable bonds is 3. The second kappa shape index (κ2) is 5.41. The summed E-state index contributed by atoms with van der Waals surface area (Å²) in [4.78, 5) is 16.0. The average molecular weight is 293 g/mol. The molecular weight excluding hydrogens is 278 g/mol. The van der Waals surface area contributed by atoms with Crippen molar-refractivity contribution in [2.75, 3.05) is 6.61 Å². The maximum Gasteiger partial charge on any atom is 0.351 e. The molecule has 0 spiro atoms. The zero-order valence-corrected chi connectivity index (χ0v) is 11.0. The number of ether oxygens (including phenoxy) is 1. The molecule has 1 unspecified atom stereocenters. The van der Waals surface area contributed by atoms with Crippen LogP contribution in [0, 0.1) is 0 Å². The van der Waals surface area contributed by atoms with Gasteiger partial charge < -0.3 is 24.6 Å². The first-order chi connectivity index (χ1) is 10.1. The minimum atomic E-state index is -1.31. The largest absolute Gasteiger partial charge is 0.394 e. The zero-order chi connectivity index (χ0) is 15.0. The molecule has 112 valence electrons. The van der Waals surface area contributed by atoms with Gasteiger partial charge in [-0.1, -0.05) is 0 Å². The van der Waals surface area contributed by atoms with Crippen molar-refractivity contribution >= 4 is 0 Å². The number of nitrogens with zero attached hydrogens (tertiary/aromatic N) is 3. The van der Waals surface area contributed by atoms with Gasteiger partial charge in [0.15, 0.2) is 6.23 Å². The monoisotopic (exact) mass is 293 g/mol. The lowest BCUT2D eigenvalue weighted by Gasteiger charge is -2.17. The van der Waals surface area contributed by atoms with Crippen molar-refractivity contribution in [3.05, 3.63) is 47.3 Å². The molecular formula is C13H15N3O5. The number of hydrogen-bond donors (Lipinski definition) is 3.